The highest BCUT2D eigenvalue weighted by molar-refractivity contribution is 5.34. The van der Waals surface area contributed by atoms with Gasteiger partial charge in [0.2, 0.25) is 0 Å². The second-order valence-corrected chi connectivity index (χ2v) is 4.26. The lowest BCUT2D eigenvalue weighted by Gasteiger charge is -2.16. The van der Waals surface area contributed by atoms with Crippen LogP contribution in [0.15, 0.2) is 42.7 Å². The van der Waals surface area contributed by atoms with Crippen LogP contribution >= 0.6 is 0 Å². The molecule has 0 aliphatic rings. The first-order chi connectivity index (χ1) is 8.96. The summed E-state index contributed by atoms with van der Waals surface area (Å²) in [4.78, 5) is 0. The van der Waals surface area contributed by atoms with E-state index in [0.717, 1.165) is 11.3 Å². The van der Waals surface area contributed by atoms with E-state index in [0.29, 0.717) is 0 Å². The lowest BCUT2D eigenvalue weighted by Crippen LogP contribution is -2.30. The molecule has 1 N–H and O–H groups in total. The molecule has 1 atom stereocenters. The van der Waals surface area contributed by atoms with Gasteiger partial charge in [-0.1, -0.05) is 12.1 Å². The van der Waals surface area contributed by atoms with Gasteiger partial charge >= 0.3 is 6.18 Å². The minimum absolute atomic E-state index is 0.353. The number of aromatic nitrogens is 2. The van der Waals surface area contributed by atoms with Crippen LogP contribution in [0.5, 0.6) is 0 Å². The zero-order chi connectivity index (χ0) is 13.9. The molecule has 1 aromatic carbocycles. The van der Waals surface area contributed by atoms with Crippen LogP contribution in [0.3, 0.4) is 0 Å². The first-order valence-electron chi connectivity index (χ1n) is 5.86. The van der Waals surface area contributed by atoms with Crippen LogP contribution < -0.4 is 5.32 Å². The largest absolute Gasteiger partial charge is 0.401 e. The molecule has 0 fully saturated rings. The summed E-state index contributed by atoms with van der Waals surface area (Å²) in [5, 5.41) is 6.53. The van der Waals surface area contributed by atoms with Crippen LogP contribution in [0.4, 0.5) is 13.2 Å². The summed E-state index contributed by atoms with van der Waals surface area (Å²) < 4.78 is 38.0. The van der Waals surface area contributed by atoms with Gasteiger partial charge in [-0.15, -0.1) is 0 Å². The van der Waals surface area contributed by atoms with E-state index in [9.17, 15) is 13.2 Å². The van der Waals surface area contributed by atoms with Crippen molar-refractivity contribution in [2.24, 2.45) is 0 Å². The number of alkyl halides is 3. The quantitative estimate of drug-likeness (QED) is 0.924. The molecule has 1 aromatic heterocycles. The smallest absolute Gasteiger partial charge is 0.302 e. The third-order valence-electron chi connectivity index (χ3n) is 2.77. The molecular weight excluding hydrogens is 255 g/mol. The summed E-state index contributed by atoms with van der Waals surface area (Å²) in [7, 11) is 0. The van der Waals surface area contributed by atoms with Crippen LogP contribution in [0.2, 0.25) is 0 Å². The third-order valence-corrected chi connectivity index (χ3v) is 2.77. The summed E-state index contributed by atoms with van der Waals surface area (Å²) in [6.07, 6.45) is -0.717. The van der Waals surface area contributed by atoms with Gasteiger partial charge in [0, 0.05) is 18.4 Å². The Morgan fingerprint density at radius 2 is 1.95 bits per heavy atom. The van der Waals surface area contributed by atoms with Gasteiger partial charge in [-0.25, -0.2) is 4.68 Å². The van der Waals surface area contributed by atoms with Gasteiger partial charge < -0.3 is 5.32 Å². The molecule has 3 nitrogen and oxygen atoms in total. The molecule has 1 heterocycles. The van der Waals surface area contributed by atoms with E-state index in [-0.39, 0.29) is 6.04 Å². The maximum atomic E-state index is 12.1. The molecule has 0 amide bonds. The number of halogens is 3. The van der Waals surface area contributed by atoms with E-state index in [2.05, 4.69) is 10.4 Å². The van der Waals surface area contributed by atoms with Crippen molar-refractivity contribution in [1.29, 1.82) is 0 Å². The minimum Gasteiger partial charge on any atom is -0.302 e. The number of nitrogens with zero attached hydrogens (tertiary/aromatic N) is 2. The number of benzene rings is 1. The van der Waals surface area contributed by atoms with Crippen molar-refractivity contribution >= 4 is 0 Å². The van der Waals surface area contributed by atoms with Crippen molar-refractivity contribution < 1.29 is 13.2 Å². The molecule has 0 radical (unpaired) electrons. The van der Waals surface area contributed by atoms with Crippen LogP contribution in [0.25, 0.3) is 5.69 Å². The fraction of sp³-hybridized carbons (Fsp3) is 0.308. The first kappa shape index (κ1) is 13.6. The summed E-state index contributed by atoms with van der Waals surface area (Å²) in [6.45, 7) is 0.712. The lowest BCUT2D eigenvalue weighted by molar-refractivity contribution is -0.126. The average Bonchev–Trinajstić information content (AvgIpc) is 2.89. The van der Waals surface area contributed by atoms with Gasteiger partial charge in [-0.05, 0) is 30.7 Å². The van der Waals surface area contributed by atoms with Crippen LogP contribution in [-0.4, -0.2) is 22.5 Å². The van der Waals surface area contributed by atoms with Gasteiger partial charge in [0.25, 0.3) is 0 Å². The molecule has 2 rings (SSSR count). The van der Waals surface area contributed by atoms with Crippen molar-refractivity contribution in [1.82, 2.24) is 15.1 Å². The molecule has 0 aliphatic carbocycles. The van der Waals surface area contributed by atoms with E-state index in [1.807, 2.05) is 12.1 Å². The Morgan fingerprint density at radius 3 is 2.47 bits per heavy atom. The molecule has 2 aromatic rings. The maximum Gasteiger partial charge on any atom is 0.401 e. The number of hydrogen-bond acceptors (Lipinski definition) is 2. The highest BCUT2D eigenvalue weighted by atomic mass is 19.4. The van der Waals surface area contributed by atoms with Gasteiger partial charge in [0.1, 0.15) is 0 Å². The Hall–Kier alpha value is -1.82. The fourth-order valence-corrected chi connectivity index (χ4v) is 1.72. The van der Waals surface area contributed by atoms with Gasteiger partial charge in [0.05, 0.1) is 12.2 Å². The highest BCUT2D eigenvalue weighted by Crippen LogP contribution is 2.18. The lowest BCUT2D eigenvalue weighted by atomic mass is 10.1. The van der Waals surface area contributed by atoms with E-state index in [1.165, 1.54) is 0 Å². The predicted molar refractivity (Wildman–Crippen MR) is 66.0 cm³/mol. The molecular formula is C13H14F3N3. The molecule has 0 spiro atoms. The SMILES string of the molecule is CC(NCC(F)(F)F)c1ccc(-n2cccn2)cc1. The number of rotatable bonds is 4. The Morgan fingerprint density at radius 1 is 1.26 bits per heavy atom. The maximum absolute atomic E-state index is 12.1. The monoisotopic (exact) mass is 269 g/mol. The predicted octanol–water partition coefficient (Wildman–Crippen LogP) is 3.09. The molecule has 0 bridgehead atoms. The number of hydrogen-bond donors (Lipinski definition) is 1. The van der Waals surface area contributed by atoms with Gasteiger partial charge in [-0.2, -0.15) is 18.3 Å². The van der Waals surface area contributed by atoms with Crippen LogP contribution in [0, 0.1) is 0 Å². The summed E-state index contributed by atoms with van der Waals surface area (Å²) >= 11 is 0. The van der Waals surface area contributed by atoms with E-state index in [1.54, 1.807) is 42.2 Å². The summed E-state index contributed by atoms with van der Waals surface area (Å²) in [6, 6.07) is 8.70. The van der Waals surface area contributed by atoms with E-state index in [4.69, 9.17) is 0 Å². The Bertz CT molecular complexity index is 503. The van der Waals surface area contributed by atoms with Crippen molar-refractivity contribution in [3.05, 3.63) is 48.3 Å². The molecule has 1 unspecified atom stereocenters. The topological polar surface area (TPSA) is 29.9 Å². The molecule has 6 heteroatoms. The van der Waals surface area contributed by atoms with Crippen molar-refractivity contribution in [3.8, 4) is 5.69 Å². The van der Waals surface area contributed by atoms with Gasteiger partial charge in [0.15, 0.2) is 0 Å². The first-order valence-corrected chi connectivity index (χ1v) is 5.86. The molecule has 0 saturated carbocycles. The van der Waals surface area contributed by atoms with Gasteiger partial charge in [-0.3, -0.25) is 0 Å². The van der Waals surface area contributed by atoms with E-state index < -0.39 is 12.7 Å². The Balaban J connectivity index is 2.02. The van der Waals surface area contributed by atoms with Crippen LogP contribution in [-0.2, 0) is 0 Å². The van der Waals surface area contributed by atoms with Crippen LogP contribution in [0.1, 0.15) is 18.5 Å². The highest BCUT2D eigenvalue weighted by Gasteiger charge is 2.27. The molecule has 102 valence electrons. The Labute approximate surface area is 109 Å². The summed E-state index contributed by atoms with van der Waals surface area (Å²) in [5.74, 6) is 0. The zero-order valence-corrected chi connectivity index (χ0v) is 10.4. The Kier molecular flexibility index (Phi) is 3.90. The number of nitrogens with one attached hydrogen (secondary N) is 1. The van der Waals surface area contributed by atoms with Crippen molar-refractivity contribution in [3.63, 3.8) is 0 Å². The standard InChI is InChI=1S/C13H14F3N3/c1-10(17-9-13(14,15)16)11-3-5-12(6-4-11)19-8-2-7-18-19/h2-8,10,17H,9H2,1H3. The molecule has 19 heavy (non-hydrogen) atoms. The molecule has 0 saturated heterocycles. The fourth-order valence-electron chi connectivity index (χ4n) is 1.72. The summed E-state index contributed by atoms with van der Waals surface area (Å²) in [5.41, 5.74) is 1.68. The normalized spacial score (nSPS) is 13.5. The van der Waals surface area contributed by atoms with Crippen molar-refractivity contribution in [2.75, 3.05) is 6.54 Å². The second kappa shape index (κ2) is 5.44. The van der Waals surface area contributed by atoms with Crippen molar-refractivity contribution in [2.45, 2.75) is 19.1 Å². The molecule has 0 aliphatic heterocycles. The zero-order valence-electron chi connectivity index (χ0n) is 10.4. The average molecular weight is 269 g/mol. The van der Waals surface area contributed by atoms with E-state index >= 15 is 0 Å². The third kappa shape index (κ3) is 3.82. The second-order valence-electron chi connectivity index (χ2n) is 4.26. The minimum atomic E-state index is -4.19.